The minimum atomic E-state index is -4.29. The Labute approximate surface area is 205 Å². The summed E-state index contributed by atoms with van der Waals surface area (Å²) in [6.07, 6.45) is -3.19. The van der Waals surface area contributed by atoms with E-state index in [9.17, 15) is 24.1 Å². The molecule has 2 heterocycles. The van der Waals surface area contributed by atoms with Crippen LogP contribution >= 0.6 is 7.75 Å². The second-order valence-corrected chi connectivity index (χ2v) is 10.1. The Bertz CT molecular complexity index is 1200. The summed E-state index contributed by atoms with van der Waals surface area (Å²) in [5.41, 5.74) is -4.11. The first kappa shape index (κ1) is 27.8. The standard InChI is InChI=1S/C22H29FN3O9P/c1-4-12-32-19(29)14(2)25-36(31,35-15-8-6-5-7-9-15)33-13-16-18(28)22(3,23)20(34-16)26-11-10-17(27)24-21(26)30/h5-11,14,16,18,20,28H,4,12-13H2,1-3H3,(H,25,31)(H,24,27,30)/t14-,16+,18+,20+,22-,36?/m0/s1. The van der Waals surface area contributed by atoms with Gasteiger partial charge < -0.3 is 19.1 Å². The first-order valence-electron chi connectivity index (χ1n) is 11.2. The van der Waals surface area contributed by atoms with Crippen molar-refractivity contribution < 1.29 is 37.4 Å². The van der Waals surface area contributed by atoms with E-state index >= 15 is 4.39 Å². The number of esters is 1. The second-order valence-electron chi connectivity index (χ2n) is 8.36. The number of rotatable bonds is 11. The number of carbonyl (C=O) groups excluding carboxylic acids is 1. The van der Waals surface area contributed by atoms with E-state index in [2.05, 4.69) is 5.09 Å². The van der Waals surface area contributed by atoms with Crippen LogP contribution in [0, 0.1) is 0 Å². The zero-order valence-electron chi connectivity index (χ0n) is 20.0. The fourth-order valence-electron chi connectivity index (χ4n) is 3.46. The van der Waals surface area contributed by atoms with Crippen LogP contribution in [0.2, 0.25) is 0 Å². The van der Waals surface area contributed by atoms with E-state index in [1.54, 1.807) is 18.2 Å². The van der Waals surface area contributed by atoms with Gasteiger partial charge in [-0.2, -0.15) is 5.09 Å². The largest absolute Gasteiger partial charge is 0.465 e. The number of halogens is 1. The van der Waals surface area contributed by atoms with Crippen molar-refractivity contribution in [2.24, 2.45) is 0 Å². The molecule has 0 bridgehead atoms. The molecule has 1 aliphatic rings. The van der Waals surface area contributed by atoms with Crippen molar-refractivity contribution in [1.82, 2.24) is 14.6 Å². The van der Waals surface area contributed by atoms with Crippen LogP contribution in [-0.2, 0) is 23.4 Å². The van der Waals surface area contributed by atoms with Crippen LogP contribution in [-0.4, -0.2) is 57.8 Å². The van der Waals surface area contributed by atoms with Gasteiger partial charge >= 0.3 is 19.4 Å². The number of aliphatic hydroxyl groups excluding tert-OH is 1. The zero-order chi connectivity index (χ0) is 26.5. The molecule has 0 spiro atoms. The van der Waals surface area contributed by atoms with Gasteiger partial charge in [-0.05, 0) is 32.4 Å². The van der Waals surface area contributed by atoms with E-state index in [1.165, 1.54) is 19.1 Å². The van der Waals surface area contributed by atoms with Crippen LogP contribution < -0.4 is 20.9 Å². The molecule has 1 aromatic heterocycles. The number of benzene rings is 1. The van der Waals surface area contributed by atoms with Gasteiger partial charge in [-0.1, -0.05) is 25.1 Å². The number of alkyl halides is 1. The molecule has 14 heteroatoms. The topological polar surface area (TPSA) is 158 Å². The van der Waals surface area contributed by atoms with E-state index in [1.807, 2.05) is 11.9 Å². The third kappa shape index (κ3) is 6.48. The molecule has 198 valence electrons. The Hall–Kier alpha value is -2.83. The Morgan fingerprint density at radius 2 is 2.03 bits per heavy atom. The number of hydrogen-bond donors (Lipinski definition) is 3. The van der Waals surface area contributed by atoms with Crippen molar-refractivity contribution >= 4 is 13.7 Å². The minimum Gasteiger partial charge on any atom is -0.465 e. The van der Waals surface area contributed by atoms with Gasteiger partial charge in [0.25, 0.3) is 5.56 Å². The summed E-state index contributed by atoms with van der Waals surface area (Å²) in [5.74, 6) is -0.535. The van der Waals surface area contributed by atoms with Crippen LogP contribution in [0.1, 0.15) is 33.4 Å². The Kier molecular flexibility index (Phi) is 8.85. The number of aromatic nitrogens is 2. The number of aliphatic hydroxyl groups is 1. The SMILES string of the molecule is CCCOC(=O)[C@H](C)NP(=O)(OC[C@H]1O[C@@H](n2ccc(=O)[nH]c2=O)[C@@](C)(F)[C@@H]1O)Oc1ccccc1. The quantitative estimate of drug-likeness (QED) is 0.289. The summed E-state index contributed by atoms with van der Waals surface area (Å²) >= 11 is 0. The molecule has 0 amide bonds. The number of H-pyrrole nitrogens is 1. The van der Waals surface area contributed by atoms with Crippen molar-refractivity contribution in [1.29, 1.82) is 0 Å². The highest BCUT2D eigenvalue weighted by atomic mass is 31.2. The number of hydrogen-bond acceptors (Lipinski definition) is 9. The summed E-state index contributed by atoms with van der Waals surface area (Å²) in [6, 6.07) is 7.89. The normalized spacial score (nSPS) is 26.2. The molecule has 0 aliphatic carbocycles. The molecule has 1 aliphatic heterocycles. The lowest BCUT2D eigenvalue weighted by Gasteiger charge is -2.25. The van der Waals surface area contributed by atoms with E-state index < -0.39 is 61.7 Å². The predicted molar refractivity (Wildman–Crippen MR) is 125 cm³/mol. The Balaban J connectivity index is 1.78. The number of ether oxygens (including phenoxy) is 2. The maximum absolute atomic E-state index is 15.4. The maximum atomic E-state index is 15.4. The first-order chi connectivity index (χ1) is 17.0. The van der Waals surface area contributed by atoms with Gasteiger partial charge in [0.05, 0.1) is 13.2 Å². The number of para-hydroxylation sites is 1. The van der Waals surface area contributed by atoms with E-state index in [4.69, 9.17) is 18.5 Å². The zero-order valence-corrected chi connectivity index (χ0v) is 20.9. The predicted octanol–water partition coefficient (Wildman–Crippen LogP) is 1.66. The van der Waals surface area contributed by atoms with Crippen molar-refractivity contribution in [3.05, 3.63) is 63.4 Å². The lowest BCUT2D eigenvalue weighted by Crippen LogP contribution is -2.43. The summed E-state index contributed by atoms with van der Waals surface area (Å²) in [7, 11) is -4.29. The highest BCUT2D eigenvalue weighted by molar-refractivity contribution is 7.52. The van der Waals surface area contributed by atoms with E-state index in [0.717, 1.165) is 23.8 Å². The fourth-order valence-corrected chi connectivity index (χ4v) is 4.96. The summed E-state index contributed by atoms with van der Waals surface area (Å²) in [5, 5.41) is 13.0. The molecule has 1 aromatic carbocycles. The van der Waals surface area contributed by atoms with Gasteiger partial charge in [-0.25, -0.2) is 13.8 Å². The molecule has 0 radical (unpaired) electrons. The third-order valence-electron chi connectivity index (χ3n) is 5.35. The average molecular weight is 529 g/mol. The molecule has 3 rings (SSSR count). The van der Waals surface area contributed by atoms with E-state index in [0.29, 0.717) is 6.42 Å². The van der Waals surface area contributed by atoms with E-state index in [-0.39, 0.29) is 12.4 Å². The molecule has 12 nitrogen and oxygen atoms in total. The minimum absolute atomic E-state index is 0.156. The highest BCUT2D eigenvalue weighted by Crippen LogP contribution is 2.47. The van der Waals surface area contributed by atoms with Gasteiger partial charge in [0.1, 0.15) is 24.0 Å². The molecule has 1 unspecified atom stereocenters. The molecule has 6 atom stereocenters. The highest BCUT2D eigenvalue weighted by Gasteiger charge is 2.55. The maximum Gasteiger partial charge on any atom is 0.459 e. The molecule has 1 saturated heterocycles. The van der Waals surface area contributed by atoms with Gasteiger partial charge in [0, 0.05) is 12.3 Å². The van der Waals surface area contributed by atoms with Crippen LogP contribution in [0.5, 0.6) is 5.75 Å². The molecule has 0 saturated carbocycles. The van der Waals surface area contributed by atoms with Crippen molar-refractivity contribution in [2.75, 3.05) is 13.2 Å². The number of carbonyl (C=O) groups is 1. The van der Waals surface area contributed by atoms with Gasteiger partial charge in [-0.15, -0.1) is 0 Å². The third-order valence-corrected chi connectivity index (χ3v) is 7.00. The molecule has 1 fully saturated rings. The van der Waals surface area contributed by atoms with Crippen molar-refractivity contribution in [3.8, 4) is 5.75 Å². The summed E-state index contributed by atoms with van der Waals surface area (Å²) in [4.78, 5) is 37.7. The summed E-state index contributed by atoms with van der Waals surface area (Å²) in [6.45, 7) is 3.77. The molecule has 36 heavy (non-hydrogen) atoms. The lowest BCUT2D eigenvalue weighted by molar-refractivity contribution is -0.145. The molecule has 3 N–H and O–H groups in total. The molecular formula is C22H29FN3O9P. The van der Waals surface area contributed by atoms with Gasteiger partial charge in [-0.3, -0.25) is 23.7 Å². The number of aromatic amines is 1. The smallest absolute Gasteiger partial charge is 0.459 e. The summed E-state index contributed by atoms with van der Waals surface area (Å²) < 4.78 is 51.3. The number of nitrogens with one attached hydrogen (secondary N) is 2. The van der Waals surface area contributed by atoms with Crippen molar-refractivity contribution in [3.63, 3.8) is 0 Å². The van der Waals surface area contributed by atoms with Crippen LogP contribution in [0.15, 0.2) is 52.2 Å². The van der Waals surface area contributed by atoms with Gasteiger partial charge in [0.15, 0.2) is 11.9 Å². The second kappa shape index (κ2) is 11.5. The van der Waals surface area contributed by atoms with Crippen LogP contribution in [0.4, 0.5) is 4.39 Å². The monoisotopic (exact) mass is 529 g/mol. The van der Waals surface area contributed by atoms with Gasteiger partial charge in [0.2, 0.25) is 0 Å². The molecule has 2 aromatic rings. The van der Waals surface area contributed by atoms with Crippen molar-refractivity contribution in [2.45, 2.75) is 57.3 Å². The Morgan fingerprint density at radius 3 is 2.67 bits per heavy atom. The first-order valence-corrected chi connectivity index (χ1v) is 12.8. The van der Waals surface area contributed by atoms with Crippen LogP contribution in [0.25, 0.3) is 0 Å². The van der Waals surface area contributed by atoms with Crippen LogP contribution in [0.3, 0.4) is 0 Å². The average Bonchev–Trinajstić information content (AvgIpc) is 3.05. The fraction of sp³-hybridized carbons (Fsp3) is 0.500. The Morgan fingerprint density at radius 1 is 1.33 bits per heavy atom. The lowest BCUT2D eigenvalue weighted by atomic mass is 9.98. The molecular weight excluding hydrogens is 500 g/mol. The number of nitrogens with zero attached hydrogens (tertiary/aromatic N) is 1.